The zero-order chi connectivity index (χ0) is 13.6. The maximum absolute atomic E-state index is 6.17. The van der Waals surface area contributed by atoms with Crippen LogP contribution in [0.1, 0.15) is 32.8 Å². The highest BCUT2D eigenvalue weighted by Gasteiger charge is 2.30. The van der Waals surface area contributed by atoms with Gasteiger partial charge < -0.3 is 4.74 Å². The van der Waals surface area contributed by atoms with Gasteiger partial charge in [-0.2, -0.15) is 0 Å². The Morgan fingerprint density at radius 1 is 1.00 bits per heavy atom. The average Bonchev–Trinajstić information content (AvgIpc) is 2.35. The van der Waals surface area contributed by atoms with E-state index in [1.54, 1.807) is 0 Å². The van der Waals surface area contributed by atoms with Crippen LogP contribution in [0.5, 0.6) is 0 Å². The lowest BCUT2D eigenvalue weighted by atomic mass is 9.81. The molecule has 0 aromatic heterocycles. The Morgan fingerprint density at radius 3 is 2.00 bits per heavy atom. The van der Waals surface area contributed by atoms with Gasteiger partial charge in [0.1, 0.15) is 0 Å². The summed E-state index contributed by atoms with van der Waals surface area (Å²) in [6, 6.07) is 10.2. The molecule has 1 aromatic rings. The number of benzene rings is 1. The molecule has 1 rings (SSSR count). The highest BCUT2D eigenvalue weighted by atomic mass is 35.5. The Kier molecular flexibility index (Phi) is 5.97. The third kappa shape index (κ3) is 4.46. The maximum Gasteiger partial charge on any atom is 0.0598 e. The van der Waals surface area contributed by atoms with Crippen LogP contribution in [0.4, 0.5) is 0 Å². The molecular weight excluding hydrogens is 267 g/mol. The fourth-order valence-corrected chi connectivity index (χ4v) is 2.67. The van der Waals surface area contributed by atoms with E-state index in [2.05, 4.69) is 32.9 Å². The summed E-state index contributed by atoms with van der Waals surface area (Å²) < 4.78 is 5.79. The summed E-state index contributed by atoms with van der Waals surface area (Å²) in [5.74, 6) is 1.02. The summed E-state index contributed by atoms with van der Waals surface area (Å²) >= 11 is 12.3. The molecule has 0 saturated heterocycles. The van der Waals surface area contributed by atoms with E-state index in [9.17, 15) is 0 Å². The van der Waals surface area contributed by atoms with Crippen LogP contribution in [-0.2, 0) is 10.2 Å². The van der Waals surface area contributed by atoms with Crippen molar-refractivity contribution in [3.63, 3.8) is 0 Å². The molecule has 0 atom stereocenters. The van der Waals surface area contributed by atoms with Crippen molar-refractivity contribution >= 4 is 23.2 Å². The summed E-state index contributed by atoms with van der Waals surface area (Å²) in [7, 11) is 0. The fourth-order valence-electron chi connectivity index (χ4n) is 1.81. The molecule has 0 bridgehead atoms. The molecule has 0 amide bonds. The quantitative estimate of drug-likeness (QED) is 0.695. The van der Waals surface area contributed by atoms with Gasteiger partial charge in [0, 0.05) is 23.8 Å². The van der Waals surface area contributed by atoms with Crippen LogP contribution in [0.3, 0.4) is 0 Å². The Bertz CT molecular complexity index is 339. The molecule has 0 aliphatic heterocycles. The second-order valence-corrected chi connectivity index (χ2v) is 6.16. The molecule has 0 spiro atoms. The van der Waals surface area contributed by atoms with Crippen LogP contribution in [0.25, 0.3) is 0 Å². The minimum absolute atomic E-state index is 0.124. The first-order valence-electron chi connectivity index (χ1n) is 6.25. The van der Waals surface area contributed by atoms with Gasteiger partial charge in [0.2, 0.25) is 0 Å². The second kappa shape index (κ2) is 6.79. The highest BCUT2D eigenvalue weighted by molar-refractivity contribution is 6.22. The Labute approximate surface area is 120 Å². The standard InChI is InChI=1S/C15H22Cl2O/c1-14(2,3)18-10-9-15(11-16,12-17)13-7-5-4-6-8-13/h4-8H,9-12H2,1-3H3. The lowest BCUT2D eigenvalue weighted by Crippen LogP contribution is -2.33. The average molecular weight is 289 g/mol. The van der Waals surface area contributed by atoms with Crippen LogP contribution in [0, 0.1) is 0 Å². The molecule has 3 heteroatoms. The van der Waals surface area contributed by atoms with Crippen molar-refractivity contribution in [2.45, 2.75) is 38.2 Å². The van der Waals surface area contributed by atoms with Crippen molar-refractivity contribution in [1.29, 1.82) is 0 Å². The molecule has 0 radical (unpaired) electrons. The van der Waals surface area contributed by atoms with E-state index in [1.165, 1.54) is 5.56 Å². The van der Waals surface area contributed by atoms with Gasteiger partial charge in [0.05, 0.1) is 5.60 Å². The minimum Gasteiger partial charge on any atom is -0.376 e. The maximum atomic E-state index is 6.17. The Balaban J connectivity index is 2.76. The monoisotopic (exact) mass is 288 g/mol. The third-order valence-electron chi connectivity index (χ3n) is 3.01. The first-order chi connectivity index (χ1) is 8.43. The van der Waals surface area contributed by atoms with Crippen molar-refractivity contribution in [3.8, 4) is 0 Å². The smallest absolute Gasteiger partial charge is 0.0598 e. The van der Waals surface area contributed by atoms with Crippen LogP contribution in [-0.4, -0.2) is 24.0 Å². The second-order valence-electron chi connectivity index (χ2n) is 5.62. The molecule has 1 nitrogen and oxygen atoms in total. The van der Waals surface area contributed by atoms with Gasteiger partial charge in [-0.1, -0.05) is 30.3 Å². The van der Waals surface area contributed by atoms with Gasteiger partial charge in [0.25, 0.3) is 0 Å². The molecule has 0 N–H and O–H groups in total. The molecule has 0 saturated carbocycles. The number of alkyl halides is 2. The van der Waals surface area contributed by atoms with Gasteiger partial charge in [-0.3, -0.25) is 0 Å². The van der Waals surface area contributed by atoms with E-state index in [-0.39, 0.29) is 11.0 Å². The van der Waals surface area contributed by atoms with Gasteiger partial charge in [0.15, 0.2) is 0 Å². The van der Waals surface area contributed by atoms with E-state index in [0.29, 0.717) is 18.4 Å². The molecular formula is C15H22Cl2O. The molecule has 1 aromatic carbocycles. The molecule has 18 heavy (non-hydrogen) atoms. The van der Waals surface area contributed by atoms with Gasteiger partial charge >= 0.3 is 0 Å². The number of halogens is 2. The Morgan fingerprint density at radius 2 is 1.56 bits per heavy atom. The van der Waals surface area contributed by atoms with Gasteiger partial charge in [-0.25, -0.2) is 0 Å². The molecule has 0 aliphatic rings. The highest BCUT2D eigenvalue weighted by Crippen LogP contribution is 2.31. The van der Waals surface area contributed by atoms with Crippen LogP contribution in [0.15, 0.2) is 30.3 Å². The zero-order valence-electron chi connectivity index (χ0n) is 11.4. The largest absolute Gasteiger partial charge is 0.376 e. The number of hydrogen-bond donors (Lipinski definition) is 0. The van der Waals surface area contributed by atoms with E-state index in [1.807, 2.05) is 18.2 Å². The summed E-state index contributed by atoms with van der Waals surface area (Å²) in [5, 5.41) is 0. The van der Waals surface area contributed by atoms with Crippen LogP contribution >= 0.6 is 23.2 Å². The van der Waals surface area contributed by atoms with E-state index in [4.69, 9.17) is 27.9 Å². The third-order valence-corrected chi connectivity index (χ3v) is 4.04. The number of rotatable bonds is 6. The first-order valence-corrected chi connectivity index (χ1v) is 7.32. The van der Waals surface area contributed by atoms with Crippen LogP contribution in [0.2, 0.25) is 0 Å². The predicted molar refractivity (Wildman–Crippen MR) is 79.9 cm³/mol. The molecule has 102 valence electrons. The van der Waals surface area contributed by atoms with Gasteiger partial charge in [-0.05, 0) is 32.8 Å². The first kappa shape index (κ1) is 15.8. The normalized spacial score (nSPS) is 12.7. The fraction of sp³-hybridized carbons (Fsp3) is 0.600. The lowest BCUT2D eigenvalue weighted by Gasteiger charge is -2.31. The summed E-state index contributed by atoms with van der Waals surface area (Å²) in [6.45, 7) is 6.83. The van der Waals surface area contributed by atoms with Crippen molar-refractivity contribution in [2.75, 3.05) is 18.4 Å². The van der Waals surface area contributed by atoms with Gasteiger partial charge in [-0.15, -0.1) is 23.2 Å². The SMILES string of the molecule is CC(C)(C)OCCC(CCl)(CCl)c1ccccc1. The predicted octanol–water partition coefficient (Wildman–Crippen LogP) is 4.61. The molecule has 0 unspecified atom stereocenters. The summed E-state index contributed by atoms with van der Waals surface area (Å²) in [4.78, 5) is 0. The van der Waals surface area contributed by atoms with Crippen LogP contribution < -0.4 is 0 Å². The number of ether oxygens (including phenoxy) is 1. The van der Waals surface area contributed by atoms with E-state index < -0.39 is 0 Å². The van der Waals surface area contributed by atoms with Crippen molar-refractivity contribution in [2.24, 2.45) is 0 Å². The summed E-state index contributed by atoms with van der Waals surface area (Å²) in [6.07, 6.45) is 0.835. The lowest BCUT2D eigenvalue weighted by molar-refractivity contribution is -0.00963. The van der Waals surface area contributed by atoms with Crippen molar-refractivity contribution < 1.29 is 4.74 Å². The summed E-state index contributed by atoms with van der Waals surface area (Å²) in [5.41, 5.74) is 0.865. The molecule has 0 heterocycles. The van der Waals surface area contributed by atoms with Crippen molar-refractivity contribution in [1.82, 2.24) is 0 Å². The van der Waals surface area contributed by atoms with E-state index in [0.717, 1.165) is 6.42 Å². The Hall–Kier alpha value is -0.240. The van der Waals surface area contributed by atoms with E-state index >= 15 is 0 Å². The topological polar surface area (TPSA) is 9.23 Å². The molecule has 0 aliphatic carbocycles. The number of hydrogen-bond acceptors (Lipinski definition) is 1. The minimum atomic E-state index is -0.199. The van der Waals surface area contributed by atoms with Crippen molar-refractivity contribution in [3.05, 3.63) is 35.9 Å². The zero-order valence-corrected chi connectivity index (χ0v) is 12.9. The molecule has 0 fully saturated rings.